The Balaban J connectivity index is 0.000000225. The normalized spacial score (nSPS) is 10.8. The Morgan fingerprint density at radius 3 is 0.923 bits per heavy atom. The molecule has 268 valence electrons. The van der Waals surface area contributed by atoms with E-state index in [1.165, 1.54) is 68.7 Å². The summed E-state index contributed by atoms with van der Waals surface area (Å²) in [5.41, 5.74) is 13.5. The number of halogens is 2. The zero-order valence-electron chi connectivity index (χ0n) is 31.0. The third kappa shape index (κ3) is 12.7. The van der Waals surface area contributed by atoms with Crippen LogP contribution in [-0.2, 0) is 38.8 Å². The Bertz CT molecular complexity index is 1760. The molecule has 0 aliphatic carbocycles. The second kappa shape index (κ2) is 21.6. The van der Waals surface area contributed by atoms with Crippen LogP contribution in [-0.4, -0.2) is 10.7 Å². The summed E-state index contributed by atoms with van der Waals surface area (Å²) in [6.07, 6.45) is 13.6. The summed E-state index contributed by atoms with van der Waals surface area (Å²) >= 11 is 6.96. The van der Waals surface area contributed by atoms with Gasteiger partial charge >= 0.3 is 0 Å². The van der Waals surface area contributed by atoms with Crippen molar-refractivity contribution < 1.29 is 9.13 Å². The van der Waals surface area contributed by atoms with E-state index >= 15 is 0 Å². The molecule has 0 saturated carbocycles. The molecule has 4 heteroatoms. The lowest BCUT2D eigenvalue weighted by molar-refractivity contribution is -0.703. The molecule has 0 atom stereocenters. The largest absolute Gasteiger partial charge is 0.203 e. The van der Waals surface area contributed by atoms with Gasteiger partial charge in [-0.3, -0.25) is 0 Å². The van der Waals surface area contributed by atoms with Gasteiger partial charge in [-0.05, 0) is 83.0 Å². The van der Waals surface area contributed by atoms with Crippen LogP contribution in [0.3, 0.4) is 0 Å². The van der Waals surface area contributed by atoms with Gasteiger partial charge in [-0.1, -0.05) is 141 Å². The third-order valence-corrected chi connectivity index (χ3v) is 10.9. The molecule has 6 rings (SSSR count). The first-order chi connectivity index (χ1) is 25.5. The minimum Gasteiger partial charge on any atom is -0.203 e. The van der Waals surface area contributed by atoms with Gasteiger partial charge in [0.15, 0.2) is 23.8 Å². The number of benzene rings is 4. The van der Waals surface area contributed by atoms with Crippen molar-refractivity contribution in [1.29, 1.82) is 0 Å². The fourth-order valence-corrected chi connectivity index (χ4v) is 7.09. The topological polar surface area (TPSA) is 7.76 Å². The van der Waals surface area contributed by atoms with Crippen molar-refractivity contribution in [2.75, 3.05) is 10.7 Å². The van der Waals surface area contributed by atoms with E-state index in [2.05, 4.69) is 201 Å². The van der Waals surface area contributed by atoms with E-state index < -0.39 is 0 Å². The number of alkyl halides is 2. The summed E-state index contributed by atoms with van der Waals surface area (Å²) < 4.78 is 4.66. The van der Waals surface area contributed by atoms with E-state index in [1.807, 2.05) is 0 Å². The first-order valence-electron chi connectivity index (χ1n) is 18.9. The second-order valence-electron chi connectivity index (χ2n) is 13.7. The minimum atomic E-state index is 1.07. The summed E-state index contributed by atoms with van der Waals surface area (Å²) in [4.78, 5) is 0. The van der Waals surface area contributed by atoms with Crippen LogP contribution in [0.25, 0.3) is 22.3 Å². The Morgan fingerprint density at radius 1 is 0.365 bits per heavy atom. The molecule has 2 aromatic heterocycles. The zero-order chi connectivity index (χ0) is 36.4. The molecule has 6 aromatic rings. The van der Waals surface area contributed by atoms with Crippen LogP contribution in [0.5, 0.6) is 0 Å². The van der Waals surface area contributed by atoms with E-state index in [9.17, 15) is 0 Å². The van der Waals surface area contributed by atoms with Crippen molar-refractivity contribution >= 4 is 31.9 Å². The molecule has 0 radical (unpaired) electrons. The molecule has 0 amide bonds. The zero-order valence-corrected chi connectivity index (χ0v) is 34.2. The van der Waals surface area contributed by atoms with Gasteiger partial charge in [0, 0.05) is 61.6 Å². The molecular weight excluding hydrogens is 764 g/mol. The summed E-state index contributed by atoms with van der Waals surface area (Å²) in [5, 5.41) is 2.15. The van der Waals surface area contributed by atoms with Crippen molar-refractivity contribution in [3.63, 3.8) is 0 Å². The summed E-state index contributed by atoms with van der Waals surface area (Å²) in [5.74, 6) is 0. The van der Waals surface area contributed by atoms with Crippen LogP contribution in [0.1, 0.15) is 59.3 Å². The Kier molecular flexibility index (Phi) is 16.4. The average Bonchev–Trinajstić information content (AvgIpc) is 3.19. The molecule has 0 aliphatic heterocycles. The van der Waals surface area contributed by atoms with E-state index in [1.54, 1.807) is 0 Å². The monoisotopic (exact) mass is 816 g/mol. The first-order valence-corrected chi connectivity index (χ1v) is 21.2. The molecule has 0 spiro atoms. The number of aromatic nitrogens is 2. The molecular formula is C48H54Br2N2+2. The number of nitrogens with zero attached hydrogens (tertiary/aromatic N) is 2. The maximum Gasteiger partial charge on any atom is 0.178 e. The number of hydrogen-bond donors (Lipinski definition) is 0. The summed E-state index contributed by atoms with van der Waals surface area (Å²) in [6.45, 7) is 6.48. The maximum absolute atomic E-state index is 3.48. The van der Waals surface area contributed by atoms with Gasteiger partial charge in [0.1, 0.15) is 13.1 Å². The summed E-state index contributed by atoms with van der Waals surface area (Å²) in [6, 6.07) is 48.9. The lowest BCUT2D eigenvalue weighted by Gasteiger charge is -2.06. The number of aryl methyl sites for hydroxylation is 8. The van der Waals surface area contributed by atoms with Crippen molar-refractivity contribution in [2.24, 2.45) is 0 Å². The number of pyridine rings is 2. The van der Waals surface area contributed by atoms with E-state index in [0.29, 0.717) is 0 Å². The molecule has 2 nitrogen and oxygen atoms in total. The molecule has 52 heavy (non-hydrogen) atoms. The van der Waals surface area contributed by atoms with Crippen LogP contribution in [0.4, 0.5) is 0 Å². The maximum atomic E-state index is 3.48. The first kappa shape index (κ1) is 39.3. The SMILES string of the molecule is BrCCCc1ccc(-c2ccc(CCCBr)cc2)cc1.Cc1cccc[n+]1CCCc1ccc(-c2ccc(CCC[n+]3ccccc3C)cc2)cc1. The van der Waals surface area contributed by atoms with Crippen molar-refractivity contribution in [2.45, 2.75) is 78.3 Å². The molecule has 0 bridgehead atoms. The highest BCUT2D eigenvalue weighted by atomic mass is 79.9. The Hall–Kier alpha value is -3.86. The fraction of sp³-hybridized carbons (Fsp3) is 0.292. The number of hydrogen-bond acceptors (Lipinski definition) is 0. The van der Waals surface area contributed by atoms with Gasteiger partial charge in [0.25, 0.3) is 0 Å². The highest BCUT2D eigenvalue weighted by Crippen LogP contribution is 2.23. The van der Waals surface area contributed by atoms with Crippen LogP contribution in [0.2, 0.25) is 0 Å². The van der Waals surface area contributed by atoms with Crippen LogP contribution >= 0.6 is 31.9 Å². The molecule has 0 N–H and O–H groups in total. The quantitative estimate of drug-likeness (QED) is 0.0679. The smallest absolute Gasteiger partial charge is 0.178 e. The van der Waals surface area contributed by atoms with Gasteiger partial charge in [0.05, 0.1) is 0 Å². The van der Waals surface area contributed by atoms with E-state index in [-0.39, 0.29) is 0 Å². The molecule has 2 heterocycles. The lowest BCUT2D eigenvalue weighted by atomic mass is 10.00. The Labute approximate surface area is 329 Å². The van der Waals surface area contributed by atoms with Crippen molar-refractivity contribution in [3.8, 4) is 22.3 Å². The van der Waals surface area contributed by atoms with Gasteiger partial charge < -0.3 is 0 Å². The van der Waals surface area contributed by atoms with Crippen molar-refractivity contribution in [3.05, 3.63) is 179 Å². The van der Waals surface area contributed by atoms with Crippen LogP contribution < -0.4 is 9.13 Å². The predicted octanol–water partition coefficient (Wildman–Crippen LogP) is 11.8. The molecule has 0 saturated heterocycles. The average molecular weight is 819 g/mol. The second-order valence-corrected chi connectivity index (χ2v) is 15.2. The molecule has 0 fully saturated rings. The van der Waals surface area contributed by atoms with E-state index in [4.69, 9.17) is 0 Å². The third-order valence-electron chi connectivity index (χ3n) is 9.74. The minimum absolute atomic E-state index is 1.07. The number of rotatable bonds is 16. The van der Waals surface area contributed by atoms with Gasteiger partial charge in [-0.25, -0.2) is 9.13 Å². The van der Waals surface area contributed by atoms with Crippen LogP contribution in [0.15, 0.2) is 146 Å². The molecule has 0 aliphatic rings. The van der Waals surface area contributed by atoms with Gasteiger partial charge in [0.2, 0.25) is 0 Å². The molecule has 4 aromatic carbocycles. The van der Waals surface area contributed by atoms with E-state index in [0.717, 1.165) is 62.3 Å². The van der Waals surface area contributed by atoms with Gasteiger partial charge in [-0.2, -0.15) is 0 Å². The van der Waals surface area contributed by atoms with Crippen molar-refractivity contribution in [1.82, 2.24) is 0 Å². The highest BCUT2D eigenvalue weighted by Gasteiger charge is 2.07. The highest BCUT2D eigenvalue weighted by molar-refractivity contribution is 9.09. The molecule has 0 unspecified atom stereocenters. The Morgan fingerprint density at radius 2 is 0.654 bits per heavy atom. The fourth-order valence-electron chi connectivity index (χ4n) is 6.53. The van der Waals surface area contributed by atoms with Gasteiger partial charge in [-0.15, -0.1) is 0 Å². The summed E-state index contributed by atoms with van der Waals surface area (Å²) in [7, 11) is 0. The lowest BCUT2D eigenvalue weighted by Crippen LogP contribution is -2.36. The predicted molar refractivity (Wildman–Crippen MR) is 227 cm³/mol. The standard InChI is InChI=1S/C30H34N2.C18H20Br2/c1-25-9-3-5-21-31(25)23-7-11-27-13-17-29(18-14-27)30-19-15-28(16-20-30)12-8-24-32-22-6-4-10-26(32)2;19-13-1-3-15-5-9-17(10-6-15)18-11-7-16(8-12-18)4-2-14-20/h3-6,9-10,13-22H,7-8,11-12,23-24H2,1-2H3;5-12H,1-4,13-14H2/q+2;. The van der Waals surface area contributed by atoms with Crippen LogP contribution in [0, 0.1) is 13.8 Å².